The van der Waals surface area contributed by atoms with Crippen molar-refractivity contribution in [1.82, 2.24) is 4.31 Å². The van der Waals surface area contributed by atoms with Crippen molar-refractivity contribution in [3.8, 4) is 0 Å². The lowest BCUT2D eigenvalue weighted by molar-refractivity contribution is 0.175. The monoisotopic (exact) mass is 246 g/mol. The zero-order valence-electron chi connectivity index (χ0n) is 9.98. The quantitative estimate of drug-likeness (QED) is 0.805. The molecule has 0 radical (unpaired) electrons. The van der Waals surface area contributed by atoms with E-state index in [9.17, 15) is 8.42 Å². The molecular weight excluding hydrogens is 224 g/mol. The second kappa shape index (κ2) is 4.27. The number of nitrogens with two attached hydrogens (primary N) is 1. The highest BCUT2D eigenvalue weighted by molar-refractivity contribution is 7.89. The summed E-state index contributed by atoms with van der Waals surface area (Å²) < 4.78 is 25.6. The fraction of sp³-hybridized carbons (Fsp3) is 1.00. The van der Waals surface area contributed by atoms with Crippen molar-refractivity contribution in [1.29, 1.82) is 0 Å². The summed E-state index contributed by atoms with van der Waals surface area (Å²) >= 11 is 0. The Bertz CT molecular complexity index is 337. The number of nitrogens with zero attached hydrogens (tertiary/aromatic N) is 1. The zero-order chi connectivity index (χ0) is 11.8. The van der Waals surface area contributed by atoms with E-state index in [-0.39, 0.29) is 5.54 Å². The van der Waals surface area contributed by atoms with Gasteiger partial charge in [-0.3, -0.25) is 0 Å². The van der Waals surface area contributed by atoms with Crippen LogP contribution in [0, 0.1) is 5.92 Å². The number of sulfonamides is 1. The van der Waals surface area contributed by atoms with Crippen molar-refractivity contribution in [3.05, 3.63) is 0 Å². The van der Waals surface area contributed by atoms with Crippen LogP contribution in [0.3, 0.4) is 0 Å². The van der Waals surface area contributed by atoms with E-state index >= 15 is 0 Å². The Morgan fingerprint density at radius 3 is 2.31 bits per heavy atom. The van der Waals surface area contributed by atoms with E-state index in [1.165, 1.54) is 19.3 Å². The first kappa shape index (κ1) is 12.3. The molecular formula is C11H22N2O2S. The molecule has 5 heteroatoms. The van der Waals surface area contributed by atoms with Crippen molar-refractivity contribution in [3.63, 3.8) is 0 Å². The molecule has 0 aromatic heterocycles. The first-order valence-corrected chi connectivity index (χ1v) is 7.77. The standard InChI is InChI=1S/C11H22N2O2S/c1-11(12)8-13(9-11)16(14,15)7-10-5-3-2-4-6-10/h10H,2-9,12H2,1H3. The third-order valence-electron chi connectivity index (χ3n) is 3.64. The highest BCUT2D eigenvalue weighted by Crippen LogP contribution is 2.28. The molecule has 1 aliphatic heterocycles. The summed E-state index contributed by atoms with van der Waals surface area (Å²) in [4.78, 5) is 0. The van der Waals surface area contributed by atoms with Gasteiger partial charge in [-0.2, -0.15) is 4.31 Å². The normalized spacial score (nSPS) is 27.6. The van der Waals surface area contributed by atoms with E-state index in [1.807, 2.05) is 6.92 Å². The first-order chi connectivity index (χ1) is 7.39. The maximum atomic E-state index is 12.0. The third-order valence-corrected chi connectivity index (χ3v) is 5.58. The van der Waals surface area contributed by atoms with Gasteiger partial charge in [0, 0.05) is 18.6 Å². The van der Waals surface area contributed by atoms with Crippen LogP contribution in [-0.2, 0) is 10.0 Å². The molecule has 0 unspecified atom stereocenters. The zero-order valence-corrected chi connectivity index (χ0v) is 10.8. The molecule has 94 valence electrons. The number of hydrogen-bond acceptors (Lipinski definition) is 3. The van der Waals surface area contributed by atoms with E-state index in [0.717, 1.165) is 12.8 Å². The molecule has 0 aromatic rings. The second-order valence-electron chi connectivity index (χ2n) is 5.70. The Hall–Kier alpha value is -0.130. The van der Waals surface area contributed by atoms with Gasteiger partial charge in [0.05, 0.1) is 5.75 Å². The van der Waals surface area contributed by atoms with Crippen LogP contribution < -0.4 is 5.73 Å². The van der Waals surface area contributed by atoms with E-state index in [4.69, 9.17) is 5.73 Å². The maximum absolute atomic E-state index is 12.0. The Kier molecular flexibility index (Phi) is 3.29. The van der Waals surface area contributed by atoms with Crippen LogP contribution >= 0.6 is 0 Å². The molecule has 0 spiro atoms. The van der Waals surface area contributed by atoms with Crippen LogP contribution in [0.25, 0.3) is 0 Å². The molecule has 0 aromatic carbocycles. The summed E-state index contributed by atoms with van der Waals surface area (Å²) in [5, 5.41) is 0. The van der Waals surface area contributed by atoms with E-state index in [1.54, 1.807) is 4.31 Å². The van der Waals surface area contributed by atoms with E-state index < -0.39 is 10.0 Å². The summed E-state index contributed by atoms with van der Waals surface area (Å²) in [7, 11) is -3.04. The fourth-order valence-electron chi connectivity index (χ4n) is 2.71. The van der Waals surface area contributed by atoms with Gasteiger partial charge >= 0.3 is 0 Å². The number of rotatable bonds is 3. The van der Waals surface area contributed by atoms with Crippen molar-refractivity contribution < 1.29 is 8.42 Å². The van der Waals surface area contributed by atoms with Crippen LogP contribution in [0.1, 0.15) is 39.0 Å². The minimum absolute atomic E-state index is 0.306. The van der Waals surface area contributed by atoms with Gasteiger partial charge in [-0.15, -0.1) is 0 Å². The molecule has 16 heavy (non-hydrogen) atoms. The molecule has 0 amide bonds. The van der Waals surface area contributed by atoms with Crippen LogP contribution in [0.15, 0.2) is 0 Å². The first-order valence-electron chi connectivity index (χ1n) is 6.16. The SMILES string of the molecule is CC1(N)CN(S(=O)(=O)CC2CCCCC2)C1. The van der Waals surface area contributed by atoms with Gasteiger partial charge in [-0.25, -0.2) is 8.42 Å². The van der Waals surface area contributed by atoms with Crippen molar-refractivity contribution >= 4 is 10.0 Å². The predicted octanol–water partition coefficient (Wildman–Crippen LogP) is 0.929. The second-order valence-corrected chi connectivity index (χ2v) is 7.72. The Balaban J connectivity index is 1.88. The molecule has 2 aliphatic rings. The molecule has 1 saturated carbocycles. The molecule has 0 bridgehead atoms. The highest BCUT2D eigenvalue weighted by Gasteiger charge is 2.42. The summed E-state index contributed by atoms with van der Waals surface area (Å²) in [6.07, 6.45) is 5.80. The molecule has 2 rings (SSSR count). The van der Waals surface area contributed by atoms with Gasteiger partial charge in [-0.05, 0) is 25.7 Å². The largest absolute Gasteiger partial charge is 0.323 e. The summed E-state index contributed by atoms with van der Waals surface area (Å²) in [5.41, 5.74) is 5.53. The van der Waals surface area contributed by atoms with Crippen LogP contribution in [0.2, 0.25) is 0 Å². The molecule has 1 saturated heterocycles. The summed E-state index contributed by atoms with van der Waals surface area (Å²) in [6.45, 7) is 2.88. The lowest BCUT2D eigenvalue weighted by Crippen LogP contribution is -2.67. The molecule has 4 nitrogen and oxygen atoms in total. The Morgan fingerprint density at radius 1 is 1.25 bits per heavy atom. The van der Waals surface area contributed by atoms with Crippen LogP contribution in [0.4, 0.5) is 0 Å². The average molecular weight is 246 g/mol. The highest BCUT2D eigenvalue weighted by atomic mass is 32.2. The topological polar surface area (TPSA) is 63.4 Å². The fourth-order valence-corrected chi connectivity index (χ4v) is 4.84. The lowest BCUT2D eigenvalue weighted by atomic mass is 9.91. The van der Waals surface area contributed by atoms with Crippen LogP contribution in [0.5, 0.6) is 0 Å². The van der Waals surface area contributed by atoms with Gasteiger partial charge < -0.3 is 5.73 Å². The van der Waals surface area contributed by atoms with Gasteiger partial charge in [0.15, 0.2) is 0 Å². The lowest BCUT2D eigenvalue weighted by Gasteiger charge is -2.44. The average Bonchev–Trinajstić information content (AvgIpc) is 2.15. The summed E-state index contributed by atoms with van der Waals surface area (Å²) in [5.74, 6) is 0.715. The van der Waals surface area contributed by atoms with Gasteiger partial charge in [0.2, 0.25) is 10.0 Å². The molecule has 2 fully saturated rings. The van der Waals surface area contributed by atoms with Gasteiger partial charge in [-0.1, -0.05) is 19.3 Å². The summed E-state index contributed by atoms with van der Waals surface area (Å²) in [6, 6.07) is 0. The molecule has 2 N–H and O–H groups in total. The number of hydrogen-bond donors (Lipinski definition) is 1. The Morgan fingerprint density at radius 2 is 1.81 bits per heavy atom. The minimum Gasteiger partial charge on any atom is -0.323 e. The van der Waals surface area contributed by atoms with Gasteiger partial charge in [0.25, 0.3) is 0 Å². The van der Waals surface area contributed by atoms with E-state index in [0.29, 0.717) is 24.8 Å². The van der Waals surface area contributed by atoms with Crippen molar-refractivity contribution in [2.75, 3.05) is 18.8 Å². The smallest absolute Gasteiger partial charge is 0.214 e. The minimum atomic E-state index is -3.04. The van der Waals surface area contributed by atoms with Crippen LogP contribution in [-0.4, -0.2) is 37.1 Å². The predicted molar refractivity (Wildman–Crippen MR) is 64.5 cm³/mol. The van der Waals surface area contributed by atoms with Crippen molar-refractivity contribution in [2.24, 2.45) is 11.7 Å². The maximum Gasteiger partial charge on any atom is 0.214 e. The van der Waals surface area contributed by atoms with Crippen molar-refractivity contribution in [2.45, 2.75) is 44.6 Å². The molecule has 1 aliphatic carbocycles. The van der Waals surface area contributed by atoms with E-state index in [2.05, 4.69) is 0 Å². The third kappa shape index (κ3) is 2.76. The molecule has 0 atom stereocenters. The van der Waals surface area contributed by atoms with Gasteiger partial charge in [0.1, 0.15) is 0 Å². The Labute approximate surface area is 98.2 Å². The molecule has 1 heterocycles.